The van der Waals surface area contributed by atoms with Gasteiger partial charge in [-0.3, -0.25) is 4.79 Å². The SMILES string of the molecule is COc1cc(/C=c2/sc3nc4cc(C)c(C)cc4n3c2=O)ccc1OCc1ccc(C(=O)O)cc1. The van der Waals surface area contributed by atoms with Crippen molar-refractivity contribution in [2.75, 3.05) is 7.11 Å². The highest BCUT2D eigenvalue weighted by molar-refractivity contribution is 7.15. The predicted molar refractivity (Wildman–Crippen MR) is 136 cm³/mol. The van der Waals surface area contributed by atoms with Gasteiger partial charge >= 0.3 is 5.97 Å². The number of carboxylic acid groups (broad SMARTS) is 1. The average Bonchev–Trinajstić information content (AvgIpc) is 3.34. The summed E-state index contributed by atoms with van der Waals surface area (Å²) in [4.78, 5) is 29.5. The number of carbonyl (C=O) groups is 1. The van der Waals surface area contributed by atoms with Gasteiger partial charge in [0.25, 0.3) is 5.56 Å². The van der Waals surface area contributed by atoms with Crippen molar-refractivity contribution in [2.24, 2.45) is 0 Å². The van der Waals surface area contributed by atoms with Crippen LogP contribution in [0.4, 0.5) is 0 Å². The molecule has 176 valence electrons. The second kappa shape index (κ2) is 8.88. The van der Waals surface area contributed by atoms with E-state index in [0.717, 1.165) is 33.3 Å². The maximum absolute atomic E-state index is 13.2. The number of fused-ring (bicyclic) bond motifs is 3. The monoisotopic (exact) mass is 486 g/mol. The van der Waals surface area contributed by atoms with Crippen molar-refractivity contribution in [3.8, 4) is 11.5 Å². The summed E-state index contributed by atoms with van der Waals surface area (Å²) in [5.41, 5.74) is 5.68. The molecule has 0 atom stereocenters. The fraction of sp³-hybridized carbons (Fsp3) is 0.148. The molecule has 1 N–H and O–H groups in total. The molecule has 0 unspecified atom stereocenters. The minimum Gasteiger partial charge on any atom is -0.493 e. The number of aromatic nitrogens is 2. The standard InChI is InChI=1S/C27H22N2O5S/c1-15-10-20-21(11-16(15)2)29-25(30)24(35-27(29)28-20)13-18-6-9-22(23(12-18)33-3)34-14-17-4-7-19(8-5-17)26(31)32/h4-13H,14H2,1-3H3,(H,31,32)/b24-13+. The first-order valence-electron chi connectivity index (χ1n) is 10.9. The summed E-state index contributed by atoms with van der Waals surface area (Å²) in [6.45, 7) is 4.33. The van der Waals surface area contributed by atoms with E-state index in [9.17, 15) is 9.59 Å². The highest BCUT2D eigenvalue weighted by Gasteiger charge is 2.13. The van der Waals surface area contributed by atoms with Gasteiger partial charge in [-0.1, -0.05) is 29.5 Å². The van der Waals surface area contributed by atoms with E-state index in [4.69, 9.17) is 14.6 Å². The Kier molecular flexibility index (Phi) is 5.74. The number of benzene rings is 3. The molecule has 0 aliphatic rings. The number of nitrogens with zero attached hydrogens (tertiary/aromatic N) is 2. The van der Waals surface area contributed by atoms with Crippen LogP contribution in [0, 0.1) is 13.8 Å². The van der Waals surface area contributed by atoms with Crippen LogP contribution in [-0.2, 0) is 6.61 Å². The van der Waals surface area contributed by atoms with Crippen molar-refractivity contribution < 1.29 is 19.4 Å². The lowest BCUT2D eigenvalue weighted by Gasteiger charge is -2.11. The summed E-state index contributed by atoms with van der Waals surface area (Å²) in [5, 5.41) is 9.02. The largest absolute Gasteiger partial charge is 0.493 e. The fourth-order valence-electron chi connectivity index (χ4n) is 3.87. The Hall–Kier alpha value is -4.17. The number of aryl methyl sites for hydroxylation is 2. The summed E-state index contributed by atoms with van der Waals surface area (Å²) in [6, 6.07) is 16.0. The molecular weight excluding hydrogens is 464 g/mol. The topological polar surface area (TPSA) is 90.1 Å². The zero-order valence-electron chi connectivity index (χ0n) is 19.4. The first-order valence-corrected chi connectivity index (χ1v) is 11.7. The van der Waals surface area contributed by atoms with Crippen LogP contribution < -0.4 is 19.6 Å². The first kappa shape index (κ1) is 22.6. The quantitative estimate of drug-likeness (QED) is 0.384. The van der Waals surface area contributed by atoms with Crippen molar-refractivity contribution in [1.82, 2.24) is 9.38 Å². The summed E-state index contributed by atoms with van der Waals surface area (Å²) in [5.74, 6) is 0.114. The van der Waals surface area contributed by atoms with Gasteiger partial charge < -0.3 is 14.6 Å². The van der Waals surface area contributed by atoms with E-state index < -0.39 is 5.97 Å². The van der Waals surface area contributed by atoms with Crippen LogP contribution in [0.1, 0.15) is 32.6 Å². The van der Waals surface area contributed by atoms with Crippen LogP contribution in [0.15, 0.2) is 59.4 Å². The zero-order valence-corrected chi connectivity index (χ0v) is 20.2. The summed E-state index contributed by atoms with van der Waals surface area (Å²) in [6.07, 6.45) is 1.82. The van der Waals surface area contributed by atoms with E-state index >= 15 is 0 Å². The molecule has 2 heterocycles. The molecule has 0 radical (unpaired) electrons. The van der Waals surface area contributed by atoms with Gasteiger partial charge in [-0.25, -0.2) is 14.2 Å². The smallest absolute Gasteiger partial charge is 0.335 e. The molecule has 0 saturated heterocycles. The Morgan fingerprint density at radius 2 is 1.80 bits per heavy atom. The van der Waals surface area contributed by atoms with E-state index in [1.165, 1.54) is 11.3 Å². The molecular formula is C27H22N2O5S. The molecule has 0 aliphatic heterocycles. The lowest BCUT2D eigenvalue weighted by atomic mass is 10.1. The summed E-state index contributed by atoms with van der Waals surface area (Å²) >= 11 is 1.35. The van der Waals surface area contributed by atoms with Gasteiger partial charge in [0.05, 0.1) is 28.2 Å². The molecule has 0 saturated carbocycles. The Morgan fingerprint density at radius 3 is 2.51 bits per heavy atom. The van der Waals surface area contributed by atoms with E-state index in [1.807, 2.05) is 44.2 Å². The van der Waals surface area contributed by atoms with Gasteiger partial charge in [0.1, 0.15) is 6.61 Å². The minimum atomic E-state index is -0.968. The summed E-state index contributed by atoms with van der Waals surface area (Å²) < 4.78 is 13.6. The van der Waals surface area contributed by atoms with Crippen LogP contribution in [0.3, 0.4) is 0 Å². The zero-order chi connectivity index (χ0) is 24.7. The molecule has 0 aliphatic carbocycles. The summed E-state index contributed by atoms with van der Waals surface area (Å²) in [7, 11) is 1.56. The van der Waals surface area contributed by atoms with E-state index in [-0.39, 0.29) is 17.7 Å². The van der Waals surface area contributed by atoms with Crippen LogP contribution in [0.2, 0.25) is 0 Å². The third-order valence-electron chi connectivity index (χ3n) is 5.93. The van der Waals surface area contributed by atoms with Crippen LogP contribution >= 0.6 is 11.3 Å². The second-order valence-electron chi connectivity index (χ2n) is 8.27. The Labute approximate surface area is 204 Å². The minimum absolute atomic E-state index is 0.0974. The van der Waals surface area contributed by atoms with E-state index in [2.05, 4.69) is 4.98 Å². The molecule has 0 amide bonds. The van der Waals surface area contributed by atoms with Gasteiger partial charge in [-0.2, -0.15) is 0 Å². The van der Waals surface area contributed by atoms with Crippen LogP contribution in [-0.4, -0.2) is 27.6 Å². The number of rotatable bonds is 6. The number of thiazole rings is 1. The molecule has 3 aromatic carbocycles. The fourth-order valence-corrected chi connectivity index (χ4v) is 4.85. The van der Waals surface area contributed by atoms with Crippen molar-refractivity contribution in [1.29, 1.82) is 0 Å². The highest BCUT2D eigenvalue weighted by atomic mass is 32.1. The Bertz CT molecular complexity index is 1700. The molecule has 5 rings (SSSR count). The normalized spacial score (nSPS) is 11.9. The molecule has 35 heavy (non-hydrogen) atoms. The number of methoxy groups -OCH3 is 1. The number of hydrogen-bond donors (Lipinski definition) is 1. The number of carboxylic acids is 1. The molecule has 0 fully saturated rings. The maximum Gasteiger partial charge on any atom is 0.335 e. The van der Waals surface area contributed by atoms with Crippen molar-refractivity contribution in [2.45, 2.75) is 20.5 Å². The van der Waals surface area contributed by atoms with Gasteiger partial charge in [0, 0.05) is 0 Å². The van der Waals surface area contributed by atoms with E-state index in [0.29, 0.717) is 21.0 Å². The molecule has 0 spiro atoms. The number of hydrogen-bond acceptors (Lipinski definition) is 6. The second-order valence-corrected chi connectivity index (χ2v) is 9.28. The first-order chi connectivity index (χ1) is 16.8. The van der Waals surface area contributed by atoms with Crippen molar-refractivity contribution in [3.63, 3.8) is 0 Å². The van der Waals surface area contributed by atoms with Gasteiger partial charge in [-0.15, -0.1) is 0 Å². The van der Waals surface area contributed by atoms with Gasteiger partial charge in [-0.05, 0) is 78.6 Å². The molecule has 5 aromatic rings. The average molecular weight is 487 g/mol. The van der Waals surface area contributed by atoms with E-state index in [1.54, 1.807) is 41.8 Å². The molecule has 7 nitrogen and oxygen atoms in total. The van der Waals surface area contributed by atoms with Crippen LogP contribution in [0.25, 0.3) is 22.1 Å². The molecule has 0 bridgehead atoms. The lowest BCUT2D eigenvalue weighted by molar-refractivity contribution is 0.0697. The van der Waals surface area contributed by atoms with Crippen LogP contribution in [0.5, 0.6) is 11.5 Å². The number of imidazole rings is 1. The number of ether oxygens (including phenoxy) is 2. The van der Waals surface area contributed by atoms with Gasteiger partial charge in [0.2, 0.25) is 0 Å². The maximum atomic E-state index is 13.2. The Morgan fingerprint density at radius 1 is 1.06 bits per heavy atom. The highest BCUT2D eigenvalue weighted by Crippen LogP contribution is 2.29. The van der Waals surface area contributed by atoms with Gasteiger partial charge in [0.15, 0.2) is 16.5 Å². The number of aromatic carboxylic acids is 1. The molecule has 8 heteroatoms. The predicted octanol–water partition coefficient (Wildman–Crippen LogP) is 4.36. The Balaban J connectivity index is 1.44. The van der Waals surface area contributed by atoms with Crippen molar-refractivity contribution >= 4 is 39.4 Å². The third kappa shape index (κ3) is 4.24. The molecule has 2 aromatic heterocycles. The lowest BCUT2D eigenvalue weighted by Crippen LogP contribution is -2.22. The third-order valence-corrected chi connectivity index (χ3v) is 6.90. The van der Waals surface area contributed by atoms with Crippen molar-refractivity contribution in [3.05, 3.63) is 97.3 Å².